The number of benzene rings is 2. The molecule has 0 radical (unpaired) electrons. The van der Waals surface area contributed by atoms with E-state index in [1.807, 2.05) is 18.2 Å². The average Bonchev–Trinajstić information content (AvgIpc) is 3.31. The molecule has 1 amide bonds. The molecule has 6 heteroatoms. The van der Waals surface area contributed by atoms with Gasteiger partial charge in [0.2, 0.25) is 0 Å². The summed E-state index contributed by atoms with van der Waals surface area (Å²) in [5.41, 5.74) is 7.51. The molecule has 0 atom stereocenters. The minimum atomic E-state index is -0.706. The number of carbonyl (C=O) groups excluding carboxylic acids is 1. The van der Waals surface area contributed by atoms with Crippen molar-refractivity contribution in [1.82, 2.24) is 0 Å². The largest absolute Gasteiger partial charge is 0.396 e. The molecule has 2 aromatic carbocycles. The van der Waals surface area contributed by atoms with Crippen molar-refractivity contribution in [2.45, 2.75) is 54.9 Å². The first-order valence-electron chi connectivity index (χ1n) is 13.0. The smallest absolute Gasteiger partial charge is 0.259 e. The van der Waals surface area contributed by atoms with Gasteiger partial charge in [0.1, 0.15) is 11.6 Å². The molecule has 0 spiro atoms. The van der Waals surface area contributed by atoms with Crippen molar-refractivity contribution in [3.63, 3.8) is 0 Å². The number of carbonyl (C=O) groups is 1. The van der Waals surface area contributed by atoms with Crippen LogP contribution in [0.5, 0.6) is 0 Å². The van der Waals surface area contributed by atoms with E-state index in [-0.39, 0.29) is 5.57 Å². The van der Waals surface area contributed by atoms with E-state index in [1.165, 1.54) is 33.9 Å². The van der Waals surface area contributed by atoms with E-state index < -0.39 is 5.91 Å². The maximum absolute atomic E-state index is 11.2. The number of nitrogens with zero attached hydrogens (tertiary/aromatic N) is 2. The van der Waals surface area contributed by atoms with Gasteiger partial charge in [0.05, 0.1) is 0 Å². The minimum Gasteiger partial charge on any atom is -0.396 e. The van der Waals surface area contributed by atoms with Crippen molar-refractivity contribution in [1.29, 1.82) is 5.26 Å². The van der Waals surface area contributed by atoms with Crippen LogP contribution < -0.4 is 10.6 Å². The lowest BCUT2D eigenvalue weighted by atomic mass is 10.0. The first-order valence-corrected chi connectivity index (χ1v) is 13.8. The second kappa shape index (κ2) is 16.6. The Morgan fingerprint density at radius 2 is 1.62 bits per heavy atom. The van der Waals surface area contributed by atoms with Crippen molar-refractivity contribution < 1.29 is 9.90 Å². The molecule has 3 N–H and O–H groups in total. The van der Waals surface area contributed by atoms with E-state index in [1.54, 1.807) is 0 Å². The number of hydrogen-bond donors (Lipinski definition) is 2. The Labute approximate surface area is 227 Å². The Kier molecular flexibility index (Phi) is 14.3. The molecule has 1 aromatic heterocycles. The van der Waals surface area contributed by atoms with Crippen LogP contribution in [0.15, 0.2) is 54.1 Å². The molecule has 0 fully saturated rings. The Morgan fingerprint density at radius 3 is 2.11 bits per heavy atom. The standard InChI is InChI=1S/C22H21N3OS.C5H12O.C4H10/c1-3-25(4-2)19-8-7-15-11-17(6-5-16(15)12-19)21-10-9-20(27-21)13-18(14-23)22(24)26;1-5(2)3-4-6;1-4(2)3/h5-13H,3-4H2,1-2H3,(H2,24,26);5-6H,3-4H2,1-2H3;4H,1-3H3/b18-13+;;. The maximum atomic E-state index is 11.2. The molecule has 3 rings (SSSR count). The highest BCUT2D eigenvalue weighted by atomic mass is 32.1. The highest BCUT2D eigenvalue weighted by Crippen LogP contribution is 2.32. The van der Waals surface area contributed by atoms with Crippen LogP contribution in [-0.4, -0.2) is 30.7 Å². The predicted octanol–water partition coefficient (Wildman–Crippen LogP) is 7.49. The van der Waals surface area contributed by atoms with Crippen molar-refractivity contribution >= 4 is 39.8 Å². The number of aliphatic hydroxyl groups is 1. The van der Waals surface area contributed by atoms with E-state index in [9.17, 15) is 4.79 Å². The fourth-order valence-corrected chi connectivity index (χ4v) is 4.26. The number of fused-ring (bicyclic) bond motifs is 1. The SMILES string of the molecule is CC(C)C.CC(C)CCO.CCN(CC)c1ccc2cc(-c3ccc(/C=C(\C#N)C(N)=O)s3)ccc2c1. The molecule has 0 aliphatic heterocycles. The van der Waals surface area contributed by atoms with Gasteiger partial charge in [-0.3, -0.25) is 4.79 Å². The number of rotatable bonds is 8. The summed E-state index contributed by atoms with van der Waals surface area (Å²) in [6, 6.07) is 18.7. The summed E-state index contributed by atoms with van der Waals surface area (Å²) in [5.74, 6) is 0.775. The Balaban J connectivity index is 0.000000583. The minimum absolute atomic E-state index is 0.0363. The maximum Gasteiger partial charge on any atom is 0.259 e. The second-order valence-electron chi connectivity index (χ2n) is 9.79. The number of nitriles is 1. The van der Waals surface area contributed by atoms with Crippen molar-refractivity contribution in [3.05, 3.63) is 59.0 Å². The summed E-state index contributed by atoms with van der Waals surface area (Å²) in [4.78, 5) is 15.5. The van der Waals surface area contributed by atoms with Gasteiger partial charge in [-0.05, 0) is 84.8 Å². The van der Waals surface area contributed by atoms with Gasteiger partial charge < -0.3 is 15.7 Å². The van der Waals surface area contributed by atoms with Gasteiger partial charge in [0.15, 0.2) is 0 Å². The number of aliphatic hydroxyl groups excluding tert-OH is 1. The topological polar surface area (TPSA) is 90.3 Å². The van der Waals surface area contributed by atoms with E-state index in [2.05, 4.69) is 89.8 Å². The van der Waals surface area contributed by atoms with Crippen LogP contribution in [0, 0.1) is 23.2 Å². The molecule has 37 heavy (non-hydrogen) atoms. The van der Waals surface area contributed by atoms with Gasteiger partial charge >= 0.3 is 0 Å². The number of primary amides is 1. The number of nitrogens with two attached hydrogens (primary N) is 1. The highest BCUT2D eigenvalue weighted by Gasteiger charge is 2.08. The van der Waals surface area contributed by atoms with Gasteiger partial charge in [-0.15, -0.1) is 11.3 Å². The lowest BCUT2D eigenvalue weighted by Crippen LogP contribution is -2.21. The summed E-state index contributed by atoms with van der Waals surface area (Å²) in [5, 5.41) is 19.6. The van der Waals surface area contributed by atoms with Crippen LogP contribution in [0.3, 0.4) is 0 Å². The zero-order valence-electron chi connectivity index (χ0n) is 23.4. The van der Waals surface area contributed by atoms with E-state index in [4.69, 9.17) is 16.1 Å². The van der Waals surface area contributed by atoms with Crippen LogP contribution in [0.4, 0.5) is 5.69 Å². The first kappa shape index (κ1) is 31.9. The number of thiophene rings is 1. The average molecular weight is 522 g/mol. The molecule has 0 aliphatic carbocycles. The third-order valence-corrected chi connectivity index (χ3v) is 6.32. The molecule has 0 unspecified atom stereocenters. The zero-order chi connectivity index (χ0) is 28.0. The second-order valence-corrected chi connectivity index (χ2v) is 10.9. The number of hydrogen-bond acceptors (Lipinski definition) is 5. The Hall–Kier alpha value is -3.14. The molecule has 0 bridgehead atoms. The van der Waals surface area contributed by atoms with Gasteiger partial charge in [-0.2, -0.15) is 5.26 Å². The van der Waals surface area contributed by atoms with Crippen LogP contribution in [0.25, 0.3) is 27.3 Å². The van der Waals surface area contributed by atoms with Crippen molar-refractivity contribution in [2.75, 3.05) is 24.6 Å². The molecule has 200 valence electrons. The summed E-state index contributed by atoms with van der Waals surface area (Å²) < 4.78 is 0. The summed E-state index contributed by atoms with van der Waals surface area (Å²) >= 11 is 1.53. The Bertz CT molecular complexity index is 1180. The van der Waals surface area contributed by atoms with E-state index >= 15 is 0 Å². The summed E-state index contributed by atoms with van der Waals surface area (Å²) in [6.45, 7) is 17.3. The molecule has 3 aromatic rings. The van der Waals surface area contributed by atoms with Gasteiger partial charge in [-0.1, -0.05) is 52.8 Å². The molecule has 5 nitrogen and oxygen atoms in total. The highest BCUT2D eigenvalue weighted by molar-refractivity contribution is 7.16. The zero-order valence-corrected chi connectivity index (χ0v) is 24.2. The Morgan fingerprint density at radius 1 is 1.03 bits per heavy atom. The molecule has 0 aliphatic rings. The van der Waals surface area contributed by atoms with Gasteiger partial charge in [0.25, 0.3) is 5.91 Å². The van der Waals surface area contributed by atoms with Crippen LogP contribution >= 0.6 is 11.3 Å². The van der Waals surface area contributed by atoms with E-state index in [0.717, 1.165) is 40.7 Å². The summed E-state index contributed by atoms with van der Waals surface area (Å²) in [6.07, 6.45) is 2.47. The van der Waals surface area contributed by atoms with Gasteiger partial charge in [0, 0.05) is 35.1 Å². The fraction of sp³-hybridized carbons (Fsp3) is 0.419. The lowest BCUT2D eigenvalue weighted by Gasteiger charge is -2.21. The first-order chi connectivity index (χ1) is 17.6. The van der Waals surface area contributed by atoms with Crippen molar-refractivity contribution in [2.24, 2.45) is 17.6 Å². The summed E-state index contributed by atoms with van der Waals surface area (Å²) in [7, 11) is 0. The van der Waals surface area contributed by atoms with Crippen LogP contribution in [-0.2, 0) is 4.79 Å². The predicted molar refractivity (Wildman–Crippen MR) is 161 cm³/mol. The third kappa shape index (κ3) is 11.2. The number of anilines is 1. The van der Waals surface area contributed by atoms with Gasteiger partial charge in [-0.25, -0.2) is 0 Å². The lowest BCUT2D eigenvalue weighted by molar-refractivity contribution is -0.114. The molecular formula is C31H43N3O2S. The van der Waals surface area contributed by atoms with E-state index in [0.29, 0.717) is 12.5 Å². The molecular weight excluding hydrogens is 478 g/mol. The molecule has 1 heterocycles. The van der Waals surface area contributed by atoms with Crippen molar-refractivity contribution in [3.8, 4) is 16.5 Å². The third-order valence-electron chi connectivity index (χ3n) is 5.24. The fourth-order valence-electron chi connectivity index (χ4n) is 3.32. The van der Waals surface area contributed by atoms with Crippen LogP contribution in [0.2, 0.25) is 0 Å². The molecule has 0 saturated carbocycles. The monoisotopic (exact) mass is 521 g/mol. The van der Waals surface area contributed by atoms with Crippen LogP contribution in [0.1, 0.15) is 59.8 Å². The quantitative estimate of drug-likeness (QED) is 0.237. The molecule has 0 saturated heterocycles. The normalized spacial score (nSPS) is 10.9. The number of amides is 1.